The Kier molecular flexibility index (Phi) is 5.43. The van der Waals surface area contributed by atoms with Crippen molar-refractivity contribution in [3.63, 3.8) is 0 Å². The van der Waals surface area contributed by atoms with Gasteiger partial charge in [0.1, 0.15) is 11.4 Å². The molecule has 35 heavy (non-hydrogen) atoms. The van der Waals surface area contributed by atoms with Crippen molar-refractivity contribution in [2.24, 2.45) is 0 Å². The first-order chi connectivity index (χ1) is 17.1. The second-order valence-electron chi connectivity index (χ2n) is 7.92. The summed E-state index contributed by atoms with van der Waals surface area (Å²) in [6, 6.07) is 21.7. The highest BCUT2D eigenvalue weighted by molar-refractivity contribution is 8.00. The van der Waals surface area contributed by atoms with E-state index in [1.807, 2.05) is 30.3 Å². The summed E-state index contributed by atoms with van der Waals surface area (Å²) in [6.45, 7) is 0. The summed E-state index contributed by atoms with van der Waals surface area (Å²) >= 11 is 2.78. The molecule has 1 aliphatic rings. The molecule has 1 aliphatic heterocycles. The van der Waals surface area contributed by atoms with Gasteiger partial charge in [0.05, 0.1) is 17.0 Å². The zero-order valence-electron chi connectivity index (χ0n) is 18.1. The monoisotopic (exact) mass is 501 g/mol. The van der Waals surface area contributed by atoms with Crippen LogP contribution in [0.5, 0.6) is 0 Å². The Hall–Kier alpha value is -3.82. The van der Waals surface area contributed by atoms with Crippen molar-refractivity contribution in [3.8, 4) is 0 Å². The fraction of sp³-hybridized carbons (Fsp3) is 0.0769. The lowest BCUT2D eigenvalue weighted by atomic mass is 9.99. The first kappa shape index (κ1) is 21.7. The molecular formula is C26H16FN3O3S2. The second-order valence-corrected chi connectivity index (χ2v) is 10.1. The molecule has 6 nitrogen and oxygen atoms in total. The van der Waals surface area contributed by atoms with Crippen LogP contribution in [0.15, 0.2) is 92.4 Å². The number of carbonyl (C=O) groups excluding carboxylic acids is 1. The molecule has 0 fully saturated rings. The highest BCUT2D eigenvalue weighted by Gasteiger charge is 2.45. The van der Waals surface area contributed by atoms with Crippen molar-refractivity contribution in [1.82, 2.24) is 10.2 Å². The van der Waals surface area contributed by atoms with Crippen molar-refractivity contribution >= 4 is 45.1 Å². The molecule has 0 N–H and O–H groups in total. The lowest BCUT2D eigenvalue weighted by molar-refractivity contribution is 0.0970. The number of hydrogen-bond donors (Lipinski definition) is 0. The molecule has 1 unspecified atom stereocenters. The summed E-state index contributed by atoms with van der Waals surface area (Å²) in [6.07, 6.45) is 0. The largest absolute Gasteiger partial charge is 0.450 e. The van der Waals surface area contributed by atoms with Crippen molar-refractivity contribution in [2.45, 2.75) is 16.1 Å². The van der Waals surface area contributed by atoms with E-state index < -0.39 is 17.8 Å². The van der Waals surface area contributed by atoms with Crippen LogP contribution >= 0.6 is 23.1 Å². The minimum atomic E-state index is -0.807. The quantitative estimate of drug-likeness (QED) is 0.223. The number of para-hydroxylation sites is 1. The maximum absolute atomic E-state index is 13.7. The maximum Gasteiger partial charge on any atom is 0.297 e. The van der Waals surface area contributed by atoms with Crippen molar-refractivity contribution in [3.05, 3.63) is 117 Å². The third kappa shape index (κ3) is 3.82. The number of anilines is 1. The molecule has 0 bridgehead atoms. The van der Waals surface area contributed by atoms with Gasteiger partial charge in [-0.2, -0.15) is 0 Å². The van der Waals surface area contributed by atoms with Crippen LogP contribution in [0.2, 0.25) is 0 Å². The number of benzene rings is 3. The average Bonchev–Trinajstić information content (AvgIpc) is 3.47. The molecule has 6 rings (SSSR count). The van der Waals surface area contributed by atoms with E-state index >= 15 is 0 Å². The van der Waals surface area contributed by atoms with Gasteiger partial charge < -0.3 is 4.42 Å². The van der Waals surface area contributed by atoms with Crippen LogP contribution < -0.4 is 10.3 Å². The minimum absolute atomic E-state index is 0.0308. The molecule has 0 saturated carbocycles. The molecule has 0 spiro atoms. The van der Waals surface area contributed by atoms with E-state index in [4.69, 9.17) is 4.42 Å². The lowest BCUT2D eigenvalue weighted by Crippen LogP contribution is -2.29. The highest BCUT2D eigenvalue weighted by atomic mass is 32.2. The normalized spacial score (nSPS) is 15.1. The van der Waals surface area contributed by atoms with Crippen molar-refractivity contribution in [2.75, 3.05) is 4.90 Å². The fourth-order valence-electron chi connectivity index (χ4n) is 4.15. The highest BCUT2D eigenvalue weighted by Crippen LogP contribution is 2.43. The van der Waals surface area contributed by atoms with Gasteiger partial charge in [0.25, 0.3) is 5.91 Å². The van der Waals surface area contributed by atoms with Crippen LogP contribution in [0.3, 0.4) is 0 Å². The maximum atomic E-state index is 13.7. The van der Waals surface area contributed by atoms with Gasteiger partial charge >= 0.3 is 0 Å². The third-order valence-corrected chi connectivity index (χ3v) is 7.90. The van der Waals surface area contributed by atoms with Crippen LogP contribution in [-0.4, -0.2) is 16.1 Å². The number of halogens is 1. The Morgan fingerprint density at radius 1 is 0.943 bits per heavy atom. The standard InChI is InChI=1S/C26H16FN3O3S2/c27-17-12-10-16(11-13-17)21-20-22(31)18-8-4-5-9-19(18)33-23(20)24(32)30(21)25-28-29-26(35-25)34-14-15-6-2-1-3-7-15/h1-13,21H,14H2. The summed E-state index contributed by atoms with van der Waals surface area (Å²) in [5.41, 5.74) is 1.98. The molecule has 172 valence electrons. The molecule has 3 aromatic carbocycles. The van der Waals surface area contributed by atoms with Crippen LogP contribution in [0.1, 0.15) is 33.3 Å². The Morgan fingerprint density at radius 2 is 1.69 bits per heavy atom. The number of amides is 1. The summed E-state index contributed by atoms with van der Waals surface area (Å²) in [5, 5.41) is 9.25. The molecule has 2 aromatic heterocycles. The van der Waals surface area contributed by atoms with Gasteiger partial charge in [-0.05, 0) is 35.4 Å². The second kappa shape index (κ2) is 8.75. The number of carbonyl (C=O) groups is 1. The molecule has 9 heteroatoms. The molecule has 1 amide bonds. The summed E-state index contributed by atoms with van der Waals surface area (Å²) in [5.74, 6) is -0.216. The van der Waals surface area contributed by atoms with E-state index in [0.29, 0.717) is 31.8 Å². The number of rotatable bonds is 5. The topological polar surface area (TPSA) is 76.3 Å². The van der Waals surface area contributed by atoms with E-state index in [2.05, 4.69) is 10.2 Å². The van der Waals surface area contributed by atoms with E-state index in [1.54, 1.807) is 36.4 Å². The predicted octanol–water partition coefficient (Wildman–Crippen LogP) is 5.83. The third-order valence-electron chi connectivity index (χ3n) is 5.77. The van der Waals surface area contributed by atoms with Crippen LogP contribution in [-0.2, 0) is 5.75 Å². The van der Waals surface area contributed by atoms with Gasteiger partial charge in [-0.15, -0.1) is 10.2 Å². The molecule has 1 atom stereocenters. The van der Waals surface area contributed by atoms with Crippen LogP contribution in [0.25, 0.3) is 11.0 Å². The Morgan fingerprint density at radius 3 is 2.49 bits per heavy atom. The SMILES string of the molecule is O=C1c2oc3ccccc3c(=O)c2C(c2ccc(F)cc2)N1c1nnc(SCc2ccccc2)s1. The van der Waals surface area contributed by atoms with Gasteiger partial charge in [0.15, 0.2) is 9.77 Å². The fourth-order valence-corrected chi connectivity index (χ4v) is 5.98. The smallest absolute Gasteiger partial charge is 0.297 e. The van der Waals surface area contributed by atoms with E-state index in [9.17, 15) is 14.0 Å². The van der Waals surface area contributed by atoms with E-state index in [0.717, 1.165) is 5.56 Å². The molecule has 3 heterocycles. The number of hydrogen-bond acceptors (Lipinski definition) is 7. The van der Waals surface area contributed by atoms with Crippen LogP contribution in [0, 0.1) is 5.82 Å². The van der Waals surface area contributed by atoms with Gasteiger partial charge in [-0.3, -0.25) is 14.5 Å². The molecule has 0 aliphatic carbocycles. The van der Waals surface area contributed by atoms with Gasteiger partial charge in [-0.25, -0.2) is 4.39 Å². The average molecular weight is 502 g/mol. The van der Waals surface area contributed by atoms with Crippen LogP contribution in [0.4, 0.5) is 9.52 Å². The zero-order chi connectivity index (χ0) is 23.9. The van der Waals surface area contributed by atoms with Gasteiger partial charge in [0.2, 0.25) is 10.9 Å². The molecule has 5 aromatic rings. The Balaban J connectivity index is 1.44. The lowest BCUT2D eigenvalue weighted by Gasteiger charge is -2.22. The molecule has 0 radical (unpaired) electrons. The van der Waals surface area contributed by atoms with Crippen molar-refractivity contribution < 1.29 is 13.6 Å². The molecule has 0 saturated heterocycles. The number of thioether (sulfide) groups is 1. The number of nitrogens with zero attached hydrogens (tertiary/aromatic N) is 3. The molecular weight excluding hydrogens is 485 g/mol. The van der Waals surface area contributed by atoms with E-state index in [-0.39, 0.29) is 16.8 Å². The summed E-state index contributed by atoms with van der Waals surface area (Å²) in [4.78, 5) is 28.5. The first-order valence-corrected chi connectivity index (χ1v) is 12.6. The van der Waals surface area contributed by atoms with Gasteiger partial charge in [-0.1, -0.05) is 77.7 Å². The Labute approximate surface area is 207 Å². The van der Waals surface area contributed by atoms with Gasteiger partial charge in [0, 0.05) is 5.75 Å². The number of fused-ring (bicyclic) bond motifs is 2. The summed E-state index contributed by atoms with van der Waals surface area (Å²) in [7, 11) is 0. The van der Waals surface area contributed by atoms with Crippen molar-refractivity contribution in [1.29, 1.82) is 0 Å². The summed E-state index contributed by atoms with van der Waals surface area (Å²) < 4.78 is 20.3. The number of aromatic nitrogens is 2. The zero-order valence-corrected chi connectivity index (χ0v) is 19.7. The Bertz CT molecular complexity index is 1620. The predicted molar refractivity (Wildman–Crippen MR) is 133 cm³/mol. The minimum Gasteiger partial charge on any atom is -0.450 e. The first-order valence-electron chi connectivity index (χ1n) is 10.7. The van der Waals surface area contributed by atoms with E-state index in [1.165, 1.54) is 40.1 Å².